The monoisotopic (exact) mass is 484 g/mol. The average Bonchev–Trinajstić information content (AvgIpc) is 3.14. The Morgan fingerprint density at radius 2 is 1.73 bits per heavy atom. The number of carbonyl (C=O) groups is 2. The number of anilines is 4. The molecule has 2 aliphatic heterocycles. The van der Waals surface area contributed by atoms with Gasteiger partial charge < -0.3 is 15.0 Å². The van der Waals surface area contributed by atoms with Crippen molar-refractivity contribution >= 4 is 58.2 Å². The van der Waals surface area contributed by atoms with Crippen molar-refractivity contribution in [1.29, 1.82) is 0 Å². The van der Waals surface area contributed by atoms with Gasteiger partial charge in [-0.2, -0.15) is 4.98 Å². The largest absolute Gasteiger partial charge is 0.455 e. The molecule has 1 saturated heterocycles. The van der Waals surface area contributed by atoms with Crippen molar-refractivity contribution < 1.29 is 14.3 Å². The van der Waals surface area contributed by atoms with Crippen molar-refractivity contribution in [2.24, 2.45) is 0 Å². The van der Waals surface area contributed by atoms with Crippen LogP contribution in [-0.4, -0.2) is 53.7 Å². The molecule has 2 aliphatic rings. The number of benzene rings is 2. The highest BCUT2D eigenvalue weighted by atomic mass is 35.5. The number of amides is 3. The van der Waals surface area contributed by atoms with Gasteiger partial charge in [-0.3, -0.25) is 14.6 Å². The van der Waals surface area contributed by atoms with E-state index in [-0.39, 0.29) is 36.1 Å². The van der Waals surface area contributed by atoms with E-state index in [4.69, 9.17) is 27.9 Å². The van der Waals surface area contributed by atoms with Gasteiger partial charge in [0.1, 0.15) is 5.56 Å². The van der Waals surface area contributed by atoms with Crippen molar-refractivity contribution in [2.75, 3.05) is 42.0 Å². The van der Waals surface area contributed by atoms with E-state index >= 15 is 0 Å². The Kier molecular flexibility index (Phi) is 5.43. The Morgan fingerprint density at radius 1 is 1.00 bits per heavy atom. The van der Waals surface area contributed by atoms with Gasteiger partial charge in [0.05, 0.1) is 15.7 Å². The second-order valence-corrected chi connectivity index (χ2v) is 8.33. The minimum absolute atomic E-state index is 0.0253. The van der Waals surface area contributed by atoms with Crippen molar-refractivity contribution in [3.05, 3.63) is 64.3 Å². The number of aromatic nitrogens is 2. The van der Waals surface area contributed by atoms with Crippen LogP contribution in [0.3, 0.4) is 0 Å². The maximum absolute atomic E-state index is 13.0. The fourth-order valence-electron chi connectivity index (χ4n) is 3.67. The van der Waals surface area contributed by atoms with Gasteiger partial charge in [-0.1, -0.05) is 29.3 Å². The number of nitrogens with zero attached hydrogens (tertiary/aromatic N) is 5. The number of para-hydroxylation sites is 1. The zero-order valence-corrected chi connectivity index (χ0v) is 19.0. The summed E-state index contributed by atoms with van der Waals surface area (Å²) >= 11 is 12.5. The predicted molar refractivity (Wildman–Crippen MR) is 126 cm³/mol. The number of carbonyl (C=O) groups excluding carboxylic acids is 2. The molecule has 3 heterocycles. The lowest BCUT2D eigenvalue weighted by Crippen LogP contribution is -2.39. The predicted octanol–water partition coefficient (Wildman–Crippen LogP) is 4.40. The molecule has 11 heteroatoms. The highest BCUT2D eigenvalue weighted by Crippen LogP contribution is 2.37. The van der Waals surface area contributed by atoms with Gasteiger partial charge >= 0.3 is 6.03 Å². The lowest BCUT2D eigenvalue weighted by atomic mass is 10.2. The van der Waals surface area contributed by atoms with E-state index in [0.29, 0.717) is 28.8 Å². The molecule has 3 amide bonds. The van der Waals surface area contributed by atoms with Crippen LogP contribution in [0, 0.1) is 0 Å². The van der Waals surface area contributed by atoms with Gasteiger partial charge in [-0.15, -0.1) is 0 Å². The molecule has 33 heavy (non-hydrogen) atoms. The van der Waals surface area contributed by atoms with Crippen molar-refractivity contribution in [2.45, 2.75) is 0 Å². The zero-order chi connectivity index (χ0) is 23.1. The number of ether oxygens (including phenoxy) is 1. The summed E-state index contributed by atoms with van der Waals surface area (Å²) < 4.78 is 5.71. The maximum atomic E-state index is 13.0. The number of fused-ring (bicyclic) bond motifs is 1. The summed E-state index contributed by atoms with van der Waals surface area (Å²) in [5.41, 5.74) is 2.12. The summed E-state index contributed by atoms with van der Waals surface area (Å²) in [6.45, 7) is 1.26. The molecule has 3 aromatic rings. The number of hydrogen-bond donors (Lipinski definition) is 1. The van der Waals surface area contributed by atoms with Crippen LogP contribution >= 0.6 is 23.2 Å². The number of halogens is 2. The molecule has 0 aliphatic carbocycles. The third kappa shape index (κ3) is 3.90. The minimum Gasteiger partial charge on any atom is -0.455 e. The smallest absolute Gasteiger partial charge is 0.324 e. The molecular weight excluding hydrogens is 467 g/mol. The third-order valence-corrected chi connectivity index (χ3v) is 6.03. The van der Waals surface area contributed by atoms with Gasteiger partial charge in [0.25, 0.3) is 5.91 Å². The molecule has 2 aromatic carbocycles. The first-order valence-corrected chi connectivity index (χ1v) is 10.8. The maximum Gasteiger partial charge on any atom is 0.324 e. The standard InChI is InChI=1S/C22H18Cl2N6O3/c1-28-9-10-29(22(28)32)14-7-5-13(6-8-14)26-21-25-11-15-19(27-21)33-12-30(20(15)31)18-16(23)3-2-4-17(18)24/h2-8,11H,9-10,12H2,1H3,(H,25,26,27). The van der Waals surface area contributed by atoms with Crippen LogP contribution in [0.1, 0.15) is 10.4 Å². The average molecular weight is 485 g/mol. The van der Waals surface area contributed by atoms with Gasteiger partial charge in [-0.25, -0.2) is 9.78 Å². The van der Waals surface area contributed by atoms with Crippen LogP contribution in [0.4, 0.5) is 27.8 Å². The zero-order valence-electron chi connectivity index (χ0n) is 17.5. The van der Waals surface area contributed by atoms with Crippen molar-refractivity contribution in [3.63, 3.8) is 0 Å². The summed E-state index contributed by atoms with van der Waals surface area (Å²) in [6, 6.07) is 12.3. The Hall–Kier alpha value is -3.56. The number of nitrogens with one attached hydrogen (secondary N) is 1. The first-order chi connectivity index (χ1) is 15.9. The quantitative estimate of drug-likeness (QED) is 0.590. The molecule has 5 rings (SSSR count). The molecule has 0 unspecified atom stereocenters. The van der Waals surface area contributed by atoms with Crippen LogP contribution in [0.5, 0.6) is 5.88 Å². The van der Waals surface area contributed by atoms with Crippen molar-refractivity contribution in [1.82, 2.24) is 14.9 Å². The van der Waals surface area contributed by atoms with E-state index < -0.39 is 0 Å². The molecule has 168 valence electrons. The molecule has 0 radical (unpaired) electrons. The Balaban J connectivity index is 1.33. The van der Waals surface area contributed by atoms with Crippen molar-refractivity contribution in [3.8, 4) is 5.88 Å². The lowest BCUT2D eigenvalue weighted by molar-refractivity contribution is 0.0932. The van der Waals surface area contributed by atoms with Crippen LogP contribution in [0.25, 0.3) is 0 Å². The number of urea groups is 1. The first-order valence-electron chi connectivity index (χ1n) is 10.1. The van der Waals surface area contributed by atoms with E-state index in [1.165, 1.54) is 11.1 Å². The highest BCUT2D eigenvalue weighted by Gasteiger charge is 2.31. The molecule has 1 fully saturated rings. The van der Waals surface area contributed by atoms with Crippen LogP contribution in [-0.2, 0) is 0 Å². The van der Waals surface area contributed by atoms with E-state index in [0.717, 1.165) is 11.4 Å². The summed E-state index contributed by atoms with van der Waals surface area (Å²) in [4.78, 5) is 38.5. The number of rotatable bonds is 4. The van der Waals surface area contributed by atoms with Crippen LogP contribution in [0.2, 0.25) is 10.0 Å². The molecule has 1 aromatic heterocycles. The van der Waals surface area contributed by atoms with E-state index in [2.05, 4.69) is 15.3 Å². The Morgan fingerprint density at radius 3 is 2.39 bits per heavy atom. The van der Waals surface area contributed by atoms with E-state index in [9.17, 15) is 9.59 Å². The molecule has 9 nitrogen and oxygen atoms in total. The molecule has 0 saturated carbocycles. The number of hydrogen-bond acceptors (Lipinski definition) is 6. The van der Waals surface area contributed by atoms with E-state index in [1.807, 2.05) is 24.3 Å². The Bertz CT molecular complexity index is 1230. The Labute approximate surface area is 199 Å². The van der Waals surface area contributed by atoms with Gasteiger partial charge in [0.15, 0.2) is 6.73 Å². The summed E-state index contributed by atoms with van der Waals surface area (Å²) in [5, 5.41) is 3.77. The van der Waals surface area contributed by atoms with Crippen LogP contribution in [0.15, 0.2) is 48.7 Å². The van der Waals surface area contributed by atoms with Gasteiger partial charge in [0.2, 0.25) is 11.8 Å². The minimum atomic E-state index is -0.359. The normalized spacial score (nSPS) is 15.5. The topological polar surface area (TPSA) is 90.9 Å². The first kappa shape index (κ1) is 21.3. The second-order valence-electron chi connectivity index (χ2n) is 7.52. The lowest BCUT2D eigenvalue weighted by Gasteiger charge is -2.29. The summed E-state index contributed by atoms with van der Waals surface area (Å²) in [5.74, 6) is 0.0807. The fourth-order valence-corrected chi connectivity index (χ4v) is 4.27. The van der Waals surface area contributed by atoms with Gasteiger partial charge in [-0.05, 0) is 36.4 Å². The third-order valence-electron chi connectivity index (χ3n) is 5.42. The molecule has 0 atom stereocenters. The van der Waals surface area contributed by atoms with E-state index in [1.54, 1.807) is 35.0 Å². The molecule has 0 bridgehead atoms. The molecule has 1 N–H and O–H groups in total. The summed E-state index contributed by atoms with van der Waals surface area (Å²) in [7, 11) is 1.78. The highest BCUT2D eigenvalue weighted by molar-refractivity contribution is 6.40. The summed E-state index contributed by atoms with van der Waals surface area (Å²) in [6.07, 6.45) is 1.40. The second kappa shape index (κ2) is 8.42. The van der Waals surface area contributed by atoms with Crippen LogP contribution < -0.4 is 19.9 Å². The fraction of sp³-hybridized carbons (Fsp3) is 0.182. The molecule has 0 spiro atoms. The molecular formula is C22H18Cl2N6O3. The van der Waals surface area contributed by atoms with Gasteiger partial charge in [0, 0.05) is 37.7 Å². The SMILES string of the molecule is CN1CCN(c2ccc(Nc3ncc4c(n3)OCN(c3c(Cl)cccc3Cl)C4=O)cc2)C1=O. The number of likely N-dealkylation sites (N-methyl/N-ethyl adjacent to an activating group) is 1.